The Balaban J connectivity index is 2.54. The summed E-state index contributed by atoms with van der Waals surface area (Å²) in [5, 5.41) is 3.30. The maximum atomic E-state index is 5.08. The normalized spacial score (nSPS) is 12.5. The van der Waals surface area contributed by atoms with Crippen LogP contribution in [0.5, 0.6) is 0 Å². The fraction of sp³-hybridized carbons (Fsp3) is 0. The molecule has 15 heavy (non-hydrogen) atoms. The third-order valence-corrected chi connectivity index (χ3v) is 1.62. The molecule has 1 aromatic rings. The number of benzene rings is 1. The van der Waals surface area contributed by atoms with Crippen molar-refractivity contribution < 1.29 is 0 Å². The minimum absolute atomic E-state index is 0.174. The average Bonchev–Trinajstić information content (AvgIpc) is 2.31. The number of guanidine groups is 1. The second kappa shape index (κ2) is 6.33. The fourth-order valence-electron chi connectivity index (χ4n) is 0.940. The number of hydrogen-bond acceptors (Lipinski definition) is 3. The SMILES string of the molecule is NN=C(N=CC=Cc1ccccc1)NN. The standard InChI is InChI=1S/C10H13N5/c11-14-10(15-12)13-8-4-7-9-5-2-1-3-6-9/h1-8H,11-12H2,(H,14,15). The fourth-order valence-corrected chi connectivity index (χ4v) is 0.940. The van der Waals surface area contributed by atoms with Gasteiger partial charge in [-0.1, -0.05) is 36.4 Å². The maximum Gasteiger partial charge on any atom is 0.253 e. The lowest BCUT2D eigenvalue weighted by molar-refractivity contribution is 0.988. The van der Waals surface area contributed by atoms with Crippen LogP contribution in [0.4, 0.5) is 0 Å². The van der Waals surface area contributed by atoms with Gasteiger partial charge in [-0.3, -0.25) is 5.43 Å². The van der Waals surface area contributed by atoms with E-state index in [2.05, 4.69) is 15.5 Å². The molecule has 0 unspecified atom stereocenters. The van der Waals surface area contributed by atoms with Gasteiger partial charge in [0.15, 0.2) is 0 Å². The molecule has 0 aliphatic heterocycles. The quantitative estimate of drug-likeness (QED) is 0.282. The summed E-state index contributed by atoms with van der Waals surface area (Å²) in [6, 6.07) is 9.87. The van der Waals surface area contributed by atoms with Crippen molar-refractivity contribution in [3.05, 3.63) is 42.0 Å². The number of nitrogens with zero attached hydrogens (tertiary/aromatic N) is 2. The van der Waals surface area contributed by atoms with Gasteiger partial charge in [-0.05, 0) is 11.6 Å². The Morgan fingerprint density at radius 3 is 2.60 bits per heavy atom. The van der Waals surface area contributed by atoms with Crippen LogP contribution in [0.25, 0.3) is 6.08 Å². The van der Waals surface area contributed by atoms with Crippen LogP contribution in [0.2, 0.25) is 0 Å². The molecule has 78 valence electrons. The largest absolute Gasteiger partial charge is 0.320 e. The molecular formula is C10H13N5. The summed E-state index contributed by atoms with van der Waals surface area (Å²) in [5.41, 5.74) is 3.34. The molecule has 0 heterocycles. The van der Waals surface area contributed by atoms with Crippen LogP contribution < -0.4 is 17.1 Å². The molecule has 1 aromatic carbocycles. The van der Waals surface area contributed by atoms with Crippen molar-refractivity contribution in [1.82, 2.24) is 5.43 Å². The summed E-state index contributed by atoms with van der Waals surface area (Å²) in [5.74, 6) is 10.2. The van der Waals surface area contributed by atoms with Crippen LogP contribution in [0.3, 0.4) is 0 Å². The van der Waals surface area contributed by atoms with E-state index in [4.69, 9.17) is 11.7 Å². The maximum absolute atomic E-state index is 5.08. The molecule has 0 saturated heterocycles. The van der Waals surface area contributed by atoms with Crippen molar-refractivity contribution in [2.45, 2.75) is 0 Å². The van der Waals surface area contributed by atoms with E-state index in [1.807, 2.05) is 36.4 Å². The van der Waals surface area contributed by atoms with Crippen LogP contribution in [-0.2, 0) is 0 Å². The minimum atomic E-state index is 0.174. The number of rotatable bonds is 2. The Kier molecular flexibility index (Phi) is 4.62. The van der Waals surface area contributed by atoms with Gasteiger partial charge in [0.2, 0.25) is 0 Å². The van der Waals surface area contributed by atoms with E-state index in [1.54, 1.807) is 12.3 Å². The summed E-state index contributed by atoms with van der Waals surface area (Å²) >= 11 is 0. The Morgan fingerprint density at radius 2 is 2.00 bits per heavy atom. The van der Waals surface area contributed by atoms with Crippen LogP contribution >= 0.6 is 0 Å². The second-order valence-electron chi connectivity index (χ2n) is 2.65. The number of aliphatic imine (C=N–C) groups is 1. The molecule has 0 aromatic heterocycles. The monoisotopic (exact) mass is 203 g/mol. The Labute approximate surface area is 88.2 Å². The highest BCUT2D eigenvalue weighted by molar-refractivity contribution is 5.91. The summed E-state index contributed by atoms with van der Waals surface area (Å²) in [4.78, 5) is 3.85. The number of hydrogen-bond donors (Lipinski definition) is 3. The summed E-state index contributed by atoms with van der Waals surface area (Å²) in [7, 11) is 0. The van der Waals surface area contributed by atoms with E-state index in [-0.39, 0.29) is 5.96 Å². The Bertz CT molecular complexity index is 367. The predicted molar refractivity (Wildman–Crippen MR) is 62.9 cm³/mol. The van der Waals surface area contributed by atoms with Crippen molar-refractivity contribution in [3.63, 3.8) is 0 Å². The van der Waals surface area contributed by atoms with Gasteiger partial charge < -0.3 is 5.84 Å². The first-order valence-corrected chi connectivity index (χ1v) is 4.37. The molecule has 0 saturated carbocycles. The molecule has 5 N–H and O–H groups in total. The molecule has 1 rings (SSSR count). The molecule has 0 atom stereocenters. The van der Waals surface area contributed by atoms with Crippen LogP contribution in [-0.4, -0.2) is 12.2 Å². The highest BCUT2D eigenvalue weighted by Crippen LogP contribution is 1.99. The second-order valence-corrected chi connectivity index (χ2v) is 2.65. The van der Waals surface area contributed by atoms with Gasteiger partial charge in [-0.15, -0.1) is 5.10 Å². The molecule has 0 amide bonds. The van der Waals surface area contributed by atoms with Crippen molar-refractivity contribution in [1.29, 1.82) is 0 Å². The number of nitrogens with two attached hydrogens (primary N) is 2. The topological polar surface area (TPSA) is 88.8 Å². The summed E-state index contributed by atoms with van der Waals surface area (Å²) < 4.78 is 0. The van der Waals surface area contributed by atoms with Gasteiger partial charge in [0.05, 0.1) is 0 Å². The lowest BCUT2D eigenvalue weighted by Crippen LogP contribution is -2.29. The van der Waals surface area contributed by atoms with Crippen LogP contribution in [0.15, 0.2) is 46.5 Å². The molecule has 0 aliphatic rings. The van der Waals surface area contributed by atoms with E-state index in [1.165, 1.54) is 0 Å². The van der Waals surface area contributed by atoms with Gasteiger partial charge in [0.1, 0.15) is 0 Å². The number of nitrogens with one attached hydrogen (secondary N) is 1. The number of hydrazone groups is 1. The zero-order valence-electron chi connectivity index (χ0n) is 8.17. The minimum Gasteiger partial charge on any atom is -0.320 e. The van der Waals surface area contributed by atoms with E-state index < -0.39 is 0 Å². The highest BCUT2D eigenvalue weighted by Gasteiger charge is 1.85. The van der Waals surface area contributed by atoms with E-state index >= 15 is 0 Å². The van der Waals surface area contributed by atoms with Gasteiger partial charge in [-0.25, -0.2) is 10.8 Å². The van der Waals surface area contributed by atoms with Gasteiger partial charge in [-0.2, -0.15) is 0 Å². The first kappa shape index (κ1) is 10.9. The predicted octanol–water partition coefficient (Wildman–Crippen LogP) is 0.464. The molecule has 0 spiro atoms. The lowest BCUT2D eigenvalue weighted by atomic mass is 10.2. The number of allylic oxidation sites excluding steroid dienone is 1. The molecular weight excluding hydrogens is 190 g/mol. The summed E-state index contributed by atoms with van der Waals surface area (Å²) in [6.07, 6.45) is 5.24. The third-order valence-electron chi connectivity index (χ3n) is 1.62. The first-order chi connectivity index (χ1) is 7.36. The molecule has 0 aliphatic carbocycles. The zero-order chi connectivity index (χ0) is 10.9. The molecule has 5 heteroatoms. The van der Waals surface area contributed by atoms with E-state index in [0.29, 0.717) is 0 Å². The van der Waals surface area contributed by atoms with Gasteiger partial charge >= 0.3 is 0 Å². The zero-order valence-corrected chi connectivity index (χ0v) is 8.17. The Hall–Kier alpha value is -2.14. The van der Waals surface area contributed by atoms with Crippen molar-refractivity contribution in [2.75, 3.05) is 0 Å². The number of hydrazine groups is 1. The van der Waals surface area contributed by atoms with Crippen LogP contribution in [0, 0.1) is 0 Å². The average molecular weight is 203 g/mol. The summed E-state index contributed by atoms with van der Waals surface area (Å²) in [6.45, 7) is 0. The van der Waals surface area contributed by atoms with Gasteiger partial charge in [0, 0.05) is 6.21 Å². The van der Waals surface area contributed by atoms with Gasteiger partial charge in [0.25, 0.3) is 5.96 Å². The molecule has 0 radical (unpaired) electrons. The first-order valence-electron chi connectivity index (χ1n) is 4.37. The third kappa shape index (κ3) is 4.06. The van der Waals surface area contributed by atoms with Crippen molar-refractivity contribution in [3.8, 4) is 0 Å². The molecule has 5 nitrogen and oxygen atoms in total. The van der Waals surface area contributed by atoms with E-state index in [9.17, 15) is 0 Å². The Morgan fingerprint density at radius 1 is 1.27 bits per heavy atom. The highest BCUT2D eigenvalue weighted by atomic mass is 15.4. The van der Waals surface area contributed by atoms with Crippen LogP contribution in [0.1, 0.15) is 5.56 Å². The molecule has 0 fully saturated rings. The van der Waals surface area contributed by atoms with Crippen molar-refractivity contribution >= 4 is 18.3 Å². The smallest absolute Gasteiger partial charge is 0.253 e. The van der Waals surface area contributed by atoms with Crippen molar-refractivity contribution in [2.24, 2.45) is 21.8 Å². The van der Waals surface area contributed by atoms with E-state index in [0.717, 1.165) is 5.56 Å². The molecule has 0 bridgehead atoms. The lowest BCUT2D eigenvalue weighted by Gasteiger charge is -1.93.